The molecule has 0 spiro atoms. The first-order valence-electron chi connectivity index (χ1n) is 7.02. The van der Waals surface area contributed by atoms with Gasteiger partial charge in [0.25, 0.3) is 5.92 Å². The second-order valence-electron chi connectivity index (χ2n) is 5.35. The summed E-state index contributed by atoms with van der Waals surface area (Å²) < 4.78 is 29.1. The van der Waals surface area contributed by atoms with Gasteiger partial charge in [-0.2, -0.15) is 13.9 Å². The molecule has 1 amide bonds. The lowest BCUT2D eigenvalue weighted by atomic mass is 10.0. The molecule has 4 nitrogen and oxygen atoms in total. The summed E-state index contributed by atoms with van der Waals surface area (Å²) >= 11 is 0. The first-order chi connectivity index (χ1) is 10.3. The van der Waals surface area contributed by atoms with Crippen molar-refractivity contribution in [1.82, 2.24) is 14.7 Å². The second kappa shape index (κ2) is 6.25. The second-order valence-corrected chi connectivity index (χ2v) is 5.35. The van der Waals surface area contributed by atoms with Crippen molar-refractivity contribution in [3.8, 4) is 11.1 Å². The molecule has 0 radical (unpaired) electrons. The average molecular weight is 307 g/mol. The Hall–Kier alpha value is -2.24. The van der Waals surface area contributed by atoms with Gasteiger partial charge in [-0.05, 0) is 5.56 Å². The third-order valence-corrected chi connectivity index (χ3v) is 3.46. The molecule has 2 aromatic rings. The summed E-state index contributed by atoms with van der Waals surface area (Å²) in [6, 6.07) is 8.98. The van der Waals surface area contributed by atoms with E-state index in [9.17, 15) is 13.6 Å². The van der Waals surface area contributed by atoms with E-state index in [2.05, 4.69) is 5.10 Å². The van der Waals surface area contributed by atoms with Gasteiger partial charge >= 0.3 is 0 Å². The Labute approximate surface area is 128 Å². The average Bonchev–Trinajstić information content (AvgIpc) is 2.90. The minimum absolute atomic E-state index is 0.0727. The highest BCUT2D eigenvalue weighted by Gasteiger charge is 2.32. The number of likely N-dealkylation sites (N-methyl/N-ethyl adjacent to an activating group) is 1. The normalized spacial score (nSPS) is 11.5. The fourth-order valence-corrected chi connectivity index (χ4v) is 2.10. The van der Waals surface area contributed by atoms with Crippen LogP contribution in [-0.2, 0) is 17.3 Å². The molecular formula is C16H19F2N3O. The molecule has 2 rings (SSSR count). The van der Waals surface area contributed by atoms with Gasteiger partial charge in [0, 0.05) is 39.2 Å². The van der Waals surface area contributed by atoms with Crippen LogP contribution in [0.25, 0.3) is 11.1 Å². The number of carbonyl (C=O) groups excluding carboxylic acids is 1. The summed E-state index contributed by atoms with van der Waals surface area (Å²) in [6.45, 7) is 3.09. The highest BCUT2D eigenvalue weighted by Crippen LogP contribution is 2.34. The van der Waals surface area contributed by atoms with Crippen molar-refractivity contribution in [1.29, 1.82) is 0 Å². The monoisotopic (exact) mass is 307 g/mol. The van der Waals surface area contributed by atoms with Crippen LogP contribution >= 0.6 is 0 Å². The maximum Gasteiger partial charge on any atom is 0.289 e. The lowest BCUT2D eigenvalue weighted by Gasteiger charge is -2.14. The number of alkyl halides is 2. The van der Waals surface area contributed by atoms with Gasteiger partial charge in [-0.25, -0.2) is 0 Å². The van der Waals surface area contributed by atoms with Crippen LogP contribution in [0.4, 0.5) is 8.78 Å². The number of amides is 1. The van der Waals surface area contributed by atoms with E-state index in [4.69, 9.17) is 0 Å². The number of rotatable bonds is 5. The molecule has 1 aromatic carbocycles. The molecule has 0 atom stereocenters. The summed E-state index contributed by atoms with van der Waals surface area (Å²) in [4.78, 5) is 12.7. The summed E-state index contributed by atoms with van der Waals surface area (Å²) in [5, 5.41) is 4.02. The number of halogens is 2. The number of aromatic nitrogens is 2. The maximum atomic E-state index is 13.8. The molecule has 0 aliphatic carbocycles. The molecule has 0 N–H and O–H groups in total. The molecular weight excluding hydrogens is 288 g/mol. The number of benzene rings is 1. The molecule has 22 heavy (non-hydrogen) atoms. The minimum Gasteiger partial charge on any atom is -0.344 e. The summed E-state index contributed by atoms with van der Waals surface area (Å²) in [5.74, 6) is -3.10. The summed E-state index contributed by atoms with van der Waals surface area (Å²) in [5.41, 5.74) is 0.868. The third-order valence-electron chi connectivity index (χ3n) is 3.46. The highest BCUT2D eigenvalue weighted by molar-refractivity contribution is 5.72. The van der Waals surface area contributed by atoms with Gasteiger partial charge in [-0.15, -0.1) is 0 Å². The topological polar surface area (TPSA) is 38.1 Å². The maximum absolute atomic E-state index is 13.8. The van der Waals surface area contributed by atoms with E-state index < -0.39 is 5.92 Å². The van der Waals surface area contributed by atoms with Gasteiger partial charge in [0.2, 0.25) is 5.91 Å². The van der Waals surface area contributed by atoms with E-state index in [-0.39, 0.29) is 11.6 Å². The van der Waals surface area contributed by atoms with Crippen molar-refractivity contribution in [3.63, 3.8) is 0 Å². The van der Waals surface area contributed by atoms with Gasteiger partial charge in [0.05, 0.1) is 6.54 Å². The number of hydrogen-bond acceptors (Lipinski definition) is 2. The summed E-state index contributed by atoms with van der Waals surface area (Å²) in [7, 11) is 1.67. The van der Waals surface area contributed by atoms with Crippen molar-refractivity contribution in [2.75, 3.05) is 13.6 Å². The van der Waals surface area contributed by atoms with Crippen LogP contribution in [-0.4, -0.2) is 34.2 Å². The van der Waals surface area contributed by atoms with Gasteiger partial charge in [0.1, 0.15) is 5.69 Å². The minimum atomic E-state index is -3.02. The van der Waals surface area contributed by atoms with Gasteiger partial charge < -0.3 is 4.90 Å². The molecule has 1 heterocycles. The Morgan fingerprint density at radius 3 is 2.50 bits per heavy atom. The van der Waals surface area contributed by atoms with E-state index in [1.807, 2.05) is 6.07 Å². The standard InChI is InChI=1S/C16H19F2N3O/c1-12(22)20(3)9-10-21-11-14(13-7-5-4-6-8-13)15(19-21)16(2,17)18/h4-8,11H,9-10H2,1-3H3. The van der Waals surface area contributed by atoms with Crippen LogP contribution in [0.2, 0.25) is 0 Å². The zero-order chi connectivity index (χ0) is 16.3. The van der Waals surface area contributed by atoms with E-state index >= 15 is 0 Å². The van der Waals surface area contributed by atoms with Crippen LogP contribution in [0.15, 0.2) is 36.5 Å². The van der Waals surface area contributed by atoms with E-state index in [1.54, 1.807) is 37.5 Å². The molecule has 0 unspecified atom stereocenters. The number of nitrogens with zero attached hydrogens (tertiary/aromatic N) is 3. The zero-order valence-corrected chi connectivity index (χ0v) is 12.9. The third kappa shape index (κ3) is 3.69. The molecule has 0 fully saturated rings. The number of hydrogen-bond donors (Lipinski definition) is 0. The van der Waals surface area contributed by atoms with Crippen molar-refractivity contribution in [2.45, 2.75) is 26.3 Å². The van der Waals surface area contributed by atoms with Crippen molar-refractivity contribution in [3.05, 3.63) is 42.2 Å². The zero-order valence-electron chi connectivity index (χ0n) is 12.9. The van der Waals surface area contributed by atoms with E-state index in [0.717, 1.165) is 6.92 Å². The first-order valence-corrected chi connectivity index (χ1v) is 7.02. The quantitative estimate of drug-likeness (QED) is 0.851. The molecule has 1 aromatic heterocycles. The SMILES string of the molecule is CC(=O)N(C)CCn1cc(-c2ccccc2)c(C(C)(F)F)n1. The summed E-state index contributed by atoms with van der Waals surface area (Å²) in [6.07, 6.45) is 1.61. The smallest absolute Gasteiger partial charge is 0.289 e. The molecule has 0 aliphatic rings. The fraction of sp³-hybridized carbons (Fsp3) is 0.375. The van der Waals surface area contributed by atoms with Crippen molar-refractivity contribution in [2.24, 2.45) is 0 Å². The molecule has 118 valence electrons. The Morgan fingerprint density at radius 2 is 1.95 bits per heavy atom. The van der Waals surface area contributed by atoms with Crippen LogP contribution in [0.5, 0.6) is 0 Å². The Kier molecular flexibility index (Phi) is 4.59. The van der Waals surface area contributed by atoms with Crippen LogP contribution in [0.3, 0.4) is 0 Å². The Bertz CT molecular complexity index is 647. The van der Waals surface area contributed by atoms with E-state index in [1.165, 1.54) is 16.5 Å². The highest BCUT2D eigenvalue weighted by atomic mass is 19.3. The van der Waals surface area contributed by atoms with Crippen LogP contribution < -0.4 is 0 Å². The molecule has 0 bridgehead atoms. The van der Waals surface area contributed by atoms with Gasteiger partial charge in [0.15, 0.2) is 0 Å². The predicted octanol–water partition coefficient (Wildman–Crippen LogP) is 3.14. The largest absolute Gasteiger partial charge is 0.344 e. The molecule has 6 heteroatoms. The lowest BCUT2D eigenvalue weighted by Crippen LogP contribution is -2.27. The Balaban J connectivity index is 2.31. The van der Waals surface area contributed by atoms with Crippen LogP contribution in [0.1, 0.15) is 19.5 Å². The molecule has 0 aliphatic heterocycles. The van der Waals surface area contributed by atoms with E-state index in [0.29, 0.717) is 24.2 Å². The van der Waals surface area contributed by atoms with Crippen molar-refractivity contribution >= 4 is 5.91 Å². The molecule has 0 saturated heterocycles. The number of carbonyl (C=O) groups is 1. The lowest BCUT2D eigenvalue weighted by molar-refractivity contribution is -0.127. The first kappa shape index (κ1) is 16.1. The van der Waals surface area contributed by atoms with Gasteiger partial charge in [-0.3, -0.25) is 9.48 Å². The predicted molar refractivity (Wildman–Crippen MR) is 80.5 cm³/mol. The van der Waals surface area contributed by atoms with Gasteiger partial charge in [-0.1, -0.05) is 30.3 Å². The van der Waals surface area contributed by atoms with Crippen LogP contribution in [0, 0.1) is 0 Å². The molecule has 0 saturated carbocycles. The fourth-order valence-electron chi connectivity index (χ4n) is 2.10. The Morgan fingerprint density at radius 1 is 1.32 bits per heavy atom. The van der Waals surface area contributed by atoms with Crippen molar-refractivity contribution < 1.29 is 13.6 Å².